The van der Waals surface area contributed by atoms with E-state index in [4.69, 9.17) is 4.74 Å². The first kappa shape index (κ1) is 15.2. The predicted molar refractivity (Wildman–Crippen MR) is 77.1 cm³/mol. The highest BCUT2D eigenvalue weighted by atomic mass is 19.1. The number of nitrogens with one attached hydrogen (secondary N) is 2. The number of methoxy groups -OCH3 is 1. The number of hydrogen-bond donors (Lipinski definition) is 2. The van der Waals surface area contributed by atoms with Crippen molar-refractivity contribution in [2.75, 3.05) is 12.5 Å². The van der Waals surface area contributed by atoms with Gasteiger partial charge in [0.2, 0.25) is 0 Å². The van der Waals surface area contributed by atoms with Gasteiger partial charge < -0.3 is 4.74 Å². The van der Waals surface area contributed by atoms with Gasteiger partial charge in [-0.15, -0.1) is 0 Å². The summed E-state index contributed by atoms with van der Waals surface area (Å²) >= 11 is 0. The van der Waals surface area contributed by atoms with Crippen LogP contribution in [0.4, 0.5) is 15.8 Å². The highest BCUT2D eigenvalue weighted by Crippen LogP contribution is 2.23. The maximum absolute atomic E-state index is 13.2. The number of rotatable bonds is 5. The number of ether oxygens (including phenoxy) is 1. The van der Waals surface area contributed by atoms with E-state index in [9.17, 15) is 19.3 Å². The number of carbonyl (C=O) groups excluding carboxylic acids is 1. The first-order chi connectivity index (χ1) is 10.5. The minimum Gasteiger partial charge on any atom is -0.496 e. The number of halogens is 1. The van der Waals surface area contributed by atoms with Crippen LogP contribution in [0.3, 0.4) is 0 Å². The van der Waals surface area contributed by atoms with Crippen molar-refractivity contribution >= 4 is 17.3 Å². The number of amides is 1. The monoisotopic (exact) mass is 305 g/mol. The van der Waals surface area contributed by atoms with E-state index in [1.54, 1.807) is 6.07 Å². The maximum Gasteiger partial charge on any atom is 0.294 e. The van der Waals surface area contributed by atoms with Crippen LogP contribution in [0.1, 0.15) is 10.4 Å². The first-order valence-corrected chi connectivity index (χ1v) is 6.16. The van der Waals surface area contributed by atoms with Crippen molar-refractivity contribution in [3.05, 3.63) is 64.0 Å². The van der Waals surface area contributed by atoms with E-state index in [2.05, 4.69) is 10.9 Å². The van der Waals surface area contributed by atoms with Crippen LogP contribution >= 0.6 is 0 Å². The number of benzene rings is 2. The zero-order chi connectivity index (χ0) is 16.1. The molecule has 0 saturated carbocycles. The lowest BCUT2D eigenvalue weighted by Gasteiger charge is -2.11. The van der Waals surface area contributed by atoms with Gasteiger partial charge in [0.05, 0.1) is 17.6 Å². The fourth-order valence-corrected chi connectivity index (χ4v) is 1.79. The third kappa shape index (κ3) is 3.29. The summed E-state index contributed by atoms with van der Waals surface area (Å²) in [6.45, 7) is 0. The van der Waals surface area contributed by atoms with Gasteiger partial charge >= 0.3 is 0 Å². The topological polar surface area (TPSA) is 93.5 Å². The molecule has 2 aromatic rings. The van der Waals surface area contributed by atoms with Gasteiger partial charge in [-0.05, 0) is 24.3 Å². The van der Waals surface area contributed by atoms with Crippen molar-refractivity contribution in [3.63, 3.8) is 0 Å². The molecule has 2 N–H and O–H groups in total. The van der Waals surface area contributed by atoms with Crippen molar-refractivity contribution in [2.45, 2.75) is 0 Å². The Morgan fingerprint density at radius 3 is 2.68 bits per heavy atom. The normalized spacial score (nSPS) is 9.91. The third-order valence-electron chi connectivity index (χ3n) is 2.82. The number of para-hydroxylation sites is 2. The second-order valence-electron chi connectivity index (χ2n) is 4.20. The van der Waals surface area contributed by atoms with Gasteiger partial charge in [-0.25, -0.2) is 4.39 Å². The molecule has 0 aliphatic heterocycles. The lowest BCUT2D eigenvalue weighted by atomic mass is 10.2. The summed E-state index contributed by atoms with van der Waals surface area (Å²) in [6.07, 6.45) is 0. The highest BCUT2D eigenvalue weighted by Gasteiger charge is 2.16. The summed E-state index contributed by atoms with van der Waals surface area (Å²) < 4.78 is 18.2. The van der Waals surface area contributed by atoms with E-state index in [1.165, 1.54) is 31.4 Å². The van der Waals surface area contributed by atoms with Crippen molar-refractivity contribution in [3.8, 4) is 5.75 Å². The molecule has 0 aliphatic carbocycles. The van der Waals surface area contributed by atoms with Crippen LogP contribution in [0.15, 0.2) is 42.5 Å². The maximum atomic E-state index is 13.2. The largest absolute Gasteiger partial charge is 0.496 e. The van der Waals surface area contributed by atoms with Crippen LogP contribution in [0.2, 0.25) is 0 Å². The Morgan fingerprint density at radius 2 is 2.00 bits per heavy atom. The molecule has 7 nitrogen and oxygen atoms in total. The van der Waals surface area contributed by atoms with E-state index >= 15 is 0 Å². The summed E-state index contributed by atoms with van der Waals surface area (Å²) in [7, 11) is 1.35. The average Bonchev–Trinajstić information content (AvgIpc) is 2.52. The molecule has 0 aliphatic rings. The Bertz CT molecular complexity index is 721. The lowest BCUT2D eigenvalue weighted by Crippen LogP contribution is -2.30. The zero-order valence-electron chi connectivity index (χ0n) is 11.5. The molecule has 0 atom stereocenters. The molecule has 0 unspecified atom stereocenters. The number of anilines is 1. The van der Waals surface area contributed by atoms with E-state index in [-0.39, 0.29) is 22.7 Å². The van der Waals surface area contributed by atoms with Gasteiger partial charge in [0.15, 0.2) is 0 Å². The van der Waals surface area contributed by atoms with Crippen LogP contribution in [0.25, 0.3) is 0 Å². The summed E-state index contributed by atoms with van der Waals surface area (Å²) in [6, 6.07) is 9.28. The minimum atomic E-state index is -0.686. The molecule has 0 saturated heterocycles. The molecule has 2 rings (SSSR count). The first-order valence-electron chi connectivity index (χ1n) is 6.16. The van der Waals surface area contributed by atoms with E-state index in [1.807, 2.05) is 0 Å². The average molecular weight is 305 g/mol. The zero-order valence-corrected chi connectivity index (χ0v) is 11.5. The number of nitro benzene ring substituents is 1. The molecule has 0 aromatic heterocycles. The molecule has 0 fully saturated rings. The summed E-state index contributed by atoms with van der Waals surface area (Å²) in [5.41, 5.74) is 4.59. The van der Waals surface area contributed by atoms with Crippen LogP contribution in [0.5, 0.6) is 5.75 Å². The van der Waals surface area contributed by atoms with Gasteiger partial charge in [-0.3, -0.25) is 25.8 Å². The van der Waals surface area contributed by atoms with Gasteiger partial charge in [0.25, 0.3) is 11.6 Å². The number of hydrogen-bond acceptors (Lipinski definition) is 5. The van der Waals surface area contributed by atoms with E-state index in [0.717, 1.165) is 12.1 Å². The Morgan fingerprint density at radius 1 is 1.27 bits per heavy atom. The van der Waals surface area contributed by atoms with Gasteiger partial charge in [-0.1, -0.05) is 12.1 Å². The van der Waals surface area contributed by atoms with Crippen LogP contribution in [-0.4, -0.2) is 17.9 Å². The standard InChI is InChI=1S/C14H12FN3O4/c1-22-13-7-6-9(15)8-10(13)14(19)17-16-11-4-2-3-5-12(11)18(20)21/h2-8,16H,1H3,(H,17,19). The van der Waals surface area contributed by atoms with Crippen LogP contribution < -0.4 is 15.6 Å². The molecular weight excluding hydrogens is 293 g/mol. The molecule has 1 amide bonds. The van der Waals surface area contributed by atoms with Crippen molar-refractivity contribution < 1.29 is 18.8 Å². The van der Waals surface area contributed by atoms with Gasteiger partial charge in [-0.2, -0.15) is 0 Å². The van der Waals surface area contributed by atoms with Crippen molar-refractivity contribution in [1.29, 1.82) is 0 Å². The third-order valence-corrected chi connectivity index (χ3v) is 2.82. The fourth-order valence-electron chi connectivity index (χ4n) is 1.79. The number of nitrogens with zero attached hydrogens (tertiary/aromatic N) is 1. The Balaban J connectivity index is 2.17. The Labute approximate surface area is 124 Å². The Hall–Kier alpha value is -3.16. The summed E-state index contributed by atoms with van der Waals surface area (Å²) in [4.78, 5) is 22.3. The quantitative estimate of drug-likeness (QED) is 0.654. The predicted octanol–water partition coefficient (Wildman–Crippen LogP) is 2.50. The molecular formula is C14H12FN3O4. The molecule has 22 heavy (non-hydrogen) atoms. The molecule has 0 radical (unpaired) electrons. The van der Waals surface area contributed by atoms with Crippen molar-refractivity contribution in [2.24, 2.45) is 0 Å². The highest BCUT2D eigenvalue weighted by molar-refractivity contribution is 5.97. The number of nitro groups is 1. The Kier molecular flexibility index (Phi) is 4.52. The number of hydrazine groups is 1. The van der Waals surface area contributed by atoms with Crippen LogP contribution in [0, 0.1) is 15.9 Å². The van der Waals surface area contributed by atoms with E-state index < -0.39 is 16.6 Å². The van der Waals surface area contributed by atoms with Crippen LogP contribution in [-0.2, 0) is 0 Å². The number of carbonyl (C=O) groups is 1. The molecule has 0 bridgehead atoms. The second-order valence-corrected chi connectivity index (χ2v) is 4.20. The molecule has 8 heteroatoms. The molecule has 0 spiro atoms. The summed E-state index contributed by atoms with van der Waals surface area (Å²) in [5.74, 6) is -1.10. The second kappa shape index (κ2) is 6.53. The molecule has 0 heterocycles. The smallest absolute Gasteiger partial charge is 0.294 e. The summed E-state index contributed by atoms with van der Waals surface area (Å²) in [5, 5.41) is 10.9. The van der Waals surface area contributed by atoms with Gasteiger partial charge in [0.1, 0.15) is 17.3 Å². The van der Waals surface area contributed by atoms with E-state index in [0.29, 0.717) is 0 Å². The van der Waals surface area contributed by atoms with Gasteiger partial charge in [0, 0.05) is 6.07 Å². The molecule has 114 valence electrons. The fraction of sp³-hybridized carbons (Fsp3) is 0.0714. The SMILES string of the molecule is COc1ccc(F)cc1C(=O)NNc1ccccc1[N+](=O)[O-]. The minimum absolute atomic E-state index is 0.0337. The molecule has 2 aromatic carbocycles. The lowest BCUT2D eigenvalue weighted by molar-refractivity contribution is -0.384. The van der Waals surface area contributed by atoms with Crippen molar-refractivity contribution in [1.82, 2.24) is 5.43 Å².